The highest BCUT2D eigenvalue weighted by Crippen LogP contribution is 2.24. The minimum atomic E-state index is -1.06. The average molecular weight is 1190 g/mol. The van der Waals surface area contributed by atoms with Crippen LogP contribution in [-0.2, 0) is 79.4 Å². The van der Waals surface area contributed by atoms with Gasteiger partial charge in [0, 0.05) is 59.0 Å². The molecule has 22 heteroatoms. The Bertz CT molecular complexity index is 2220. The smallest absolute Gasteiger partial charge is 0.335 e. The Morgan fingerprint density at radius 1 is 0.476 bits per heavy atom. The van der Waals surface area contributed by atoms with Crippen molar-refractivity contribution in [3.8, 4) is 11.5 Å². The lowest BCUT2D eigenvalue weighted by molar-refractivity contribution is -0.160. The van der Waals surface area contributed by atoms with E-state index in [0.717, 1.165) is 11.1 Å². The van der Waals surface area contributed by atoms with E-state index in [0.29, 0.717) is 149 Å². The molecule has 84 heavy (non-hydrogen) atoms. The van der Waals surface area contributed by atoms with Crippen LogP contribution in [0.25, 0.3) is 0 Å². The monoisotopic (exact) mass is 1190 g/mol. The predicted molar refractivity (Wildman–Crippen MR) is 317 cm³/mol. The van der Waals surface area contributed by atoms with Crippen LogP contribution in [0.4, 0.5) is 0 Å². The van der Waals surface area contributed by atoms with Crippen LogP contribution in [0.15, 0.2) is 42.5 Å². The van der Waals surface area contributed by atoms with Gasteiger partial charge in [-0.1, -0.05) is 18.2 Å². The van der Waals surface area contributed by atoms with Crippen molar-refractivity contribution in [1.82, 2.24) is 19.6 Å². The number of carboxylic acid groups (broad SMARTS) is 1. The Kier molecular flexibility index (Phi) is 33.3. The summed E-state index contributed by atoms with van der Waals surface area (Å²) in [6.45, 7) is 29.7. The van der Waals surface area contributed by atoms with Crippen molar-refractivity contribution in [3.05, 3.63) is 59.2 Å². The Morgan fingerprint density at radius 3 is 1.32 bits per heavy atom. The fourth-order valence-electron chi connectivity index (χ4n) is 8.63. The zero-order valence-corrected chi connectivity index (χ0v) is 52.9. The molecule has 0 bridgehead atoms. The first-order valence-electron chi connectivity index (χ1n) is 29.4. The molecule has 22 nitrogen and oxygen atoms in total. The first-order valence-corrected chi connectivity index (χ1v) is 29.4. The summed E-state index contributed by atoms with van der Waals surface area (Å²) in [5.74, 6) is -1.56. The maximum absolute atomic E-state index is 13.8. The van der Waals surface area contributed by atoms with Crippen molar-refractivity contribution >= 4 is 29.8 Å². The van der Waals surface area contributed by atoms with Gasteiger partial charge in [-0.15, -0.1) is 0 Å². The number of benzene rings is 2. The number of methoxy groups -OCH3 is 1. The summed E-state index contributed by atoms with van der Waals surface area (Å²) < 4.78 is 68.0. The van der Waals surface area contributed by atoms with Gasteiger partial charge in [-0.2, -0.15) is 0 Å². The van der Waals surface area contributed by atoms with E-state index in [-0.39, 0.29) is 51.0 Å². The number of carbonyl (C=O) groups excluding carboxylic acids is 4. The van der Waals surface area contributed by atoms with Crippen LogP contribution in [-0.4, -0.2) is 248 Å². The summed E-state index contributed by atoms with van der Waals surface area (Å²) in [4.78, 5) is 74.1. The van der Waals surface area contributed by atoms with Gasteiger partial charge in [-0.05, 0) is 138 Å². The second-order valence-corrected chi connectivity index (χ2v) is 24.6. The molecule has 0 amide bonds. The van der Waals surface area contributed by atoms with E-state index in [1.54, 1.807) is 19.2 Å². The van der Waals surface area contributed by atoms with Crippen LogP contribution >= 0.6 is 0 Å². The van der Waals surface area contributed by atoms with Gasteiger partial charge in [0.25, 0.3) is 0 Å². The highest BCUT2D eigenvalue weighted by molar-refractivity contribution is 5.88. The summed E-state index contributed by atoms with van der Waals surface area (Å²) in [6, 6.07) is 12.2. The van der Waals surface area contributed by atoms with E-state index in [2.05, 4.69) is 4.90 Å². The predicted octanol–water partition coefficient (Wildman–Crippen LogP) is 6.00. The Labute approximate surface area is 500 Å². The highest BCUT2D eigenvalue weighted by Gasteiger charge is 2.31. The van der Waals surface area contributed by atoms with E-state index in [9.17, 15) is 29.1 Å². The number of rotatable bonds is 35. The van der Waals surface area contributed by atoms with Crippen molar-refractivity contribution in [2.75, 3.05) is 165 Å². The number of esters is 4. The molecular formula is C62H102N4O18. The number of carbonyl (C=O) groups is 5. The number of carboxylic acids is 1. The average Bonchev–Trinajstić information content (AvgIpc) is 3.47. The zero-order chi connectivity index (χ0) is 62.2. The van der Waals surface area contributed by atoms with Gasteiger partial charge in [0.2, 0.25) is 0 Å². The minimum Gasteiger partial charge on any atom is -0.494 e. The van der Waals surface area contributed by atoms with E-state index in [1.807, 2.05) is 122 Å². The Morgan fingerprint density at radius 2 is 0.881 bits per heavy atom. The van der Waals surface area contributed by atoms with Crippen molar-refractivity contribution < 1.29 is 85.9 Å². The second kappa shape index (κ2) is 38.2. The molecule has 2 aromatic rings. The lowest BCUT2D eigenvalue weighted by Gasteiger charge is -2.39. The largest absolute Gasteiger partial charge is 0.494 e. The number of aromatic carboxylic acids is 1. The molecule has 1 atom stereocenters. The molecule has 0 saturated carbocycles. The van der Waals surface area contributed by atoms with Crippen LogP contribution in [0.3, 0.4) is 0 Å². The summed E-state index contributed by atoms with van der Waals surface area (Å²) in [6.07, 6.45) is 1.62. The molecular weight excluding hydrogens is 1090 g/mol. The summed E-state index contributed by atoms with van der Waals surface area (Å²) in [7, 11) is 1.63. The molecule has 0 spiro atoms. The fraction of sp³-hybridized carbons (Fsp3) is 0.726. The van der Waals surface area contributed by atoms with Gasteiger partial charge in [0.15, 0.2) is 0 Å². The fourth-order valence-corrected chi connectivity index (χ4v) is 8.63. The molecule has 0 aromatic heterocycles. The molecule has 1 N–H and O–H groups in total. The van der Waals surface area contributed by atoms with E-state index >= 15 is 0 Å². The van der Waals surface area contributed by atoms with Crippen LogP contribution in [0.5, 0.6) is 11.5 Å². The van der Waals surface area contributed by atoms with Crippen molar-refractivity contribution in [2.45, 2.75) is 131 Å². The minimum absolute atomic E-state index is 0.00580. The van der Waals surface area contributed by atoms with Crippen LogP contribution in [0, 0.1) is 0 Å². The molecule has 0 radical (unpaired) electrons. The molecule has 3 rings (SSSR count). The van der Waals surface area contributed by atoms with Crippen molar-refractivity contribution in [3.63, 3.8) is 0 Å². The third-order valence-corrected chi connectivity index (χ3v) is 12.2. The summed E-state index contributed by atoms with van der Waals surface area (Å²) in [5, 5.41) is 9.72. The van der Waals surface area contributed by atoms with Crippen molar-refractivity contribution in [1.29, 1.82) is 0 Å². The van der Waals surface area contributed by atoms with Gasteiger partial charge >= 0.3 is 29.8 Å². The quantitative estimate of drug-likeness (QED) is 0.0474. The van der Waals surface area contributed by atoms with Crippen molar-refractivity contribution in [2.24, 2.45) is 0 Å². The number of ether oxygens (including phenoxy) is 12. The standard InChI is InChI=1S/C62H102N4O18/c1-59(2,3)81-54(67)44-63-22-23-64(45-55(68)82-60(4,5)6)26-27-66(47-57(70)84-62(10,11)12)51(43-65(25-24-63)46-56(69)83-61(7,8)9)41-48-16-20-52(21-17-48)79-28-14-15-49-18-19-50(58(71)72)42-53(49)80-40-39-78-38-37-77-36-35-76-34-33-75-32-31-74-30-29-73-13/h16-21,42,51H,14-15,22-41,43-47H2,1-13H3,(H,71,72)/t51-/m0/s1. The molecule has 0 unspecified atom stereocenters. The third-order valence-electron chi connectivity index (χ3n) is 12.2. The van der Waals surface area contributed by atoms with E-state index < -0.39 is 52.3 Å². The lowest BCUT2D eigenvalue weighted by atomic mass is 10.0. The first-order chi connectivity index (χ1) is 39.6. The van der Waals surface area contributed by atoms with Crippen LogP contribution < -0.4 is 9.47 Å². The normalized spacial score (nSPS) is 15.8. The molecule has 1 heterocycles. The molecule has 1 aliphatic heterocycles. The molecule has 2 aromatic carbocycles. The number of hydrogen-bond donors (Lipinski definition) is 1. The summed E-state index contributed by atoms with van der Waals surface area (Å²) >= 11 is 0. The topological polar surface area (TPSA) is 229 Å². The van der Waals surface area contributed by atoms with Crippen LogP contribution in [0.2, 0.25) is 0 Å². The second-order valence-electron chi connectivity index (χ2n) is 24.6. The summed E-state index contributed by atoms with van der Waals surface area (Å²) in [5.41, 5.74) is -0.996. The molecule has 0 aliphatic carbocycles. The lowest BCUT2D eigenvalue weighted by Crippen LogP contribution is -2.54. The number of nitrogens with zero attached hydrogens (tertiary/aromatic N) is 4. The number of aryl methyl sites for hydroxylation is 1. The van der Waals surface area contributed by atoms with Gasteiger partial charge in [-0.25, -0.2) is 4.79 Å². The van der Waals surface area contributed by atoms with E-state index in [4.69, 9.17) is 56.8 Å². The third kappa shape index (κ3) is 35.4. The molecule has 1 saturated heterocycles. The SMILES string of the molecule is COCCOCCOCCOCCOCCOCCOc1cc(C(=O)O)ccc1CCCOc1ccc(C[C@H]2CN(CC(=O)OC(C)(C)C)CCN(CC(=O)OC(C)(C)C)CCN(CC(=O)OC(C)(C)C)CCN2CC(=O)OC(C)(C)C)cc1. The first kappa shape index (κ1) is 73.2. The maximum Gasteiger partial charge on any atom is 0.335 e. The van der Waals surface area contributed by atoms with Gasteiger partial charge < -0.3 is 61.9 Å². The highest BCUT2D eigenvalue weighted by atomic mass is 16.6. The Hall–Kier alpha value is -5.01. The Balaban J connectivity index is 1.73. The van der Waals surface area contributed by atoms with E-state index in [1.165, 1.54) is 6.07 Å². The molecule has 1 fully saturated rings. The maximum atomic E-state index is 13.8. The van der Waals surface area contributed by atoms with Gasteiger partial charge in [0.1, 0.15) is 40.5 Å². The number of hydrogen-bond acceptors (Lipinski definition) is 21. The molecule has 478 valence electrons. The van der Waals surface area contributed by atoms with Gasteiger partial charge in [0.05, 0.1) is 111 Å². The molecule has 1 aliphatic rings. The van der Waals surface area contributed by atoms with Crippen LogP contribution in [0.1, 0.15) is 111 Å². The zero-order valence-electron chi connectivity index (χ0n) is 52.9. The van der Waals surface area contributed by atoms with Gasteiger partial charge in [-0.3, -0.25) is 38.8 Å².